The SMILES string of the molecule is CCOC(=O)c1ccc(NC(=O)CSc2cccc(NC(=O)c3ccc(Cl)cc3Cl)c2)cc1. The van der Waals surface area contributed by atoms with Gasteiger partial charge in [-0.3, -0.25) is 9.59 Å². The van der Waals surface area contributed by atoms with Gasteiger partial charge in [0.2, 0.25) is 5.91 Å². The van der Waals surface area contributed by atoms with Crippen LogP contribution in [0, 0.1) is 0 Å². The van der Waals surface area contributed by atoms with E-state index in [1.807, 2.05) is 6.07 Å². The summed E-state index contributed by atoms with van der Waals surface area (Å²) in [7, 11) is 0. The van der Waals surface area contributed by atoms with Gasteiger partial charge in [-0.25, -0.2) is 4.79 Å². The zero-order chi connectivity index (χ0) is 23.8. The van der Waals surface area contributed by atoms with Gasteiger partial charge in [0.15, 0.2) is 0 Å². The minimum absolute atomic E-state index is 0.167. The molecule has 0 saturated heterocycles. The molecule has 0 radical (unpaired) electrons. The first-order chi connectivity index (χ1) is 15.9. The highest BCUT2D eigenvalue weighted by atomic mass is 35.5. The summed E-state index contributed by atoms with van der Waals surface area (Å²) in [6.07, 6.45) is 0. The Kier molecular flexibility index (Phi) is 8.77. The summed E-state index contributed by atoms with van der Waals surface area (Å²) in [5, 5.41) is 6.28. The van der Waals surface area contributed by atoms with Gasteiger partial charge < -0.3 is 15.4 Å². The molecule has 0 fully saturated rings. The van der Waals surface area contributed by atoms with Crippen molar-refractivity contribution in [3.05, 3.63) is 87.9 Å². The van der Waals surface area contributed by atoms with Crippen molar-refractivity contribution < 1.29 is 19.1 Å². The van der Waals surface area contributed by atoms with E-state index in [9.17, 15) is 14.4 Å². The molecule has 0 unspecified atom stereocenters. The van der Waals surface area contributed by atoms with E-state index in [0.717, 1.165) is 4.90 Å². The number of nitrogens with one attached hydrogen (secondary N) is 2. The second-order valence-corrected chi connectivity index (χ2v) is 8.63. The fourth-order valence-corrected chi connectivity index (χ4v) is 4.04. The van der Waals surface area contributed by atoms with Crippen molar-refractivity contribution in [2.24, 2.45) is 0 Å². The maximum absolute atomic E-state index is 12.5. The molecular formula is C24H20Cl2N2O4S. The Hall–Kier alpha value is -3.00. The molecule has 3 rings (SSSR count). The maximum Gasteiger partial charge on any atom is 0.338 e. The molecule has 2 N–H and O–H groups in total. The van der Waals surface area contributed by atoms with E-state index in [-0.39, 0.29) is 22.6 Å². The Balaban J connectivity index is 1.54. The summed E-state index contributed by atoms with van der Waals surface area (Å²) in [6.45, 7) is 2.04. The minimum atomic E-state index is -0.406. The van der Waals surface area contributed by atoms with Crippen LogP contribution in [0.1, 0.15) is 27.6 Å². The summed E-state index contributed by atoms with van der Waals surface area (Å²) in [5.41, 5.74) is 1.89. The zero-order valence-corrected chi connectivity index (χ0v) is 19.9. The summed E-state index contributed by atoms with van der Waals surface area (Å²) in [6, 6.07) is 18.3. The normalized spacial score (nSPS) is 10.4. The molecule has 170 valence electrons. The second-order valence-electron chi connectivity index (χ2n) is 6.74. The predicted molar refractivity (Wildman–Crippen MR) is 133 cm³/mol. The lowest BCUT2D eigenvalue weighted by Gasteiger charge is -2.09. The summed E-state index contributed by atoms with van der Waals surface area (Å²) in [5.74, 6) is -0.801. The van der Waals surface area contributed by atoms with Gasteiger partial charge in [-0.2, -0.15) is 0 Å². The quantitative estimate of drug-likeness (QED) is 0.284. The van der Waals surface area contributed by atoms with Gasteiger partial charge in [0.1, 0.15) is 0 Å². The zero-order valence-electron chi connectivity index (χ0n) is 17.6. The van der Waals surface area contributed by atoms with Gasteiger partial charge >= 0.3 is 5.97 Å². The summed E-state index contributed by atoms with van der Waals surface area (Å²) >= 11 is 13.3. The second kappa shape index (κ2) is 11.7. The molecule has 0 aliphatic rings. The highest BCUT2D eigenvalue weighted by Crippen LogP contribution is 2.25. The maximum atomic E-state index is 12.5. The average Bonchev–Trinajstić information content (AvgIpc) is 2.78. The fourth-order valence-electron chi connectivity index (χ4n) is 2.79. The first kappa shape index (κ1) is 24.6. The van der Waals surface area contributed by atoms with E-state index < -0.39 is 5.97 Å². The van der Waals surface area contributed by atoms with Crippen LogP contribution in [-0.2, 0) is 9.53 Å². The van der Waals surface area contributed by atoms with Crippen molar-refractivity contribution in [1.29, 1.82) is 0 Å². The number of amides is 2. The highest BCUT2D eigenvalue weighted by molar-refractivity contribution is 8.00. The fraction of sp³-hybridized carbons (Fsp3) is 0.125. The standard InChI is InChI=1S/C24H20Cl2N2O4S/c1-2-32-24(31)15-6-9-17(10-7-15)27-22(29)14-33-19-5-3-4-18(13-19)28-23(30)20-11-8-16(25)12-21(20)26/h3-13H,2,14H2,1H3,(H,27,29)(H,28,30). The summed E-state index contributed by atoms with van der Waals surface area (Å²) < 4.78 is 4.94. The third kappa shape index (κ3) is 7.25. The van der Waals surface area contributed by atoms with Crippen LogP contribution in [0.15, 0.2) is 71.6 Å². The Bertz CT molecular complexity index is 1170. The Labute approximate surface area is 205 Å². The molecule has 2 amide bonds. The predicted octanol–water partition coefficient (Wildman–Crippen LogP) is 6.15. The van der Waals surface area contributed by atoms with Crippen LogP contribution in [0.25, 0.3) is 0 Å². The lowest BCUT2D eigenvalue weighted by atomic mass is 10.2. The lowest BCUT2D eigenvalue weighted by molar-refractivity contribution is -0.113. The number of esters is 1. The molecule has 3 aromatic carbocycles. The number of thioether (sulfide) groups is 1. The number of ether oxygens (including phenoxy) is 1. The monoisotopic (exact) mass is 502 g/mol. The van der Waals surface area contributed by atoms with Gasteiger partial charge in [-0.15, -0.1) is 11.8 Å². The van der Waals surface area contributed by atoms with Crippen LogP contribution in [0.3, 0.4) is 0 Å². The molecule has 9 heteroatoms. The van der Waals surface area contributed by atoms with Crippen LogP contribution in [0.4, 0.5) is 11.4 Å². The molecule has 0 aromatic heterocycles. The third-order valence-electron chi connectivity index (χ3n) is 4.32. The molecule has 3 aromatic rings. The van der Waals surface area contributed by atoms with Gasteiger partial charge in [0.25, 0.3) is 5.91 Å². The van der Waals surface area contributed by atoms with E-state index in [4.69, 9.17) is 27.9 Å². The topological polar surface area (TPSA) is 84.5 Å². The number of benzene rings is 3. The number of hydrogen-bond donors (Lipinski definition) is 2. The number of hydrogen-bond acceptors (Lipinski definition) is 5. The van der Waals surface area contributed by atoms with Crippen molar-refractivity contribution in [1.82, 2.24) is 0 Å². The van der Waals surface area contributed by atoms with Crippen LogP contribution >= 0.6 is 35.0 Å². The van der Waals surface area contributed by atoms with Gasteiger partial charge in [0, 0.05) is 21.3 Å². The Morgan fingerprint density at radius 3 is 2.36 bits per heavy atom. The van der Waals surface area contributed by atoms with E-state index in [0.29, 0.717) is 34.1 Å². The number of carbonyl (C=O) groups excluding carboxylic acids is 3. The summed E-state index contributed by atoms with van der Waals surface area (Å²) in [4.78, 5) is 37.3. The molecule has 0 bridgehead atoms. The van der Waals surface area contributed by atoms with Crippen molar-refractivity contribution >= 4 is 64.1 Å². The number of anilines is 2. The van der Waals surface area contributed by atoms with Gasteiger partial charge in [-0.1, -0.05) is 29.3 Å². The molecule has 6 nitrogen and oxygen atoms in total. The number of carbonyl (C=O) groups is 3. The van der Waals surface area contributed by atoms with Gasteiger partial charge in [0.05, 0.1) is 28.5 Å². The van der Waals surface area contributed by atoms with Crippen LogP contribution < -0.4 is 10.6 Å². The minimum Gasteiger partial charge on any atom is -0.462 e. The lowest BCUT2D eigenvalue weighted by Crippen LogP contribution is -2.14. The number of halogens is 2. The third-order valence-corrected chi connectivity index (χ3v) is 5.86. The Morgan fingerprint density at radius 2 is 1.67 bits per heavy atom. The largest absolute Gasteiger partial charge is 0.462 e. The van der Waals surface area contributed by atoms with E-state index in [1.54, 1.807) is 61.5 Å². The van der Waals surface area contributed by atoms with Crippen LogP contribution in [0.2, 0.25) is 10.0 Å². The molecule has 0 heterocycles. The first-order valence-electron chi connectivity index (χ1n) is 9.92. The molecule has 33 heavy (non-hydrogen) atoms. The van der Waals surface area contributed by atoms with Crippen LogP contribution in [-0.4, -0.2) is 30.1 Å². The molecule has 0 aliphatic carbocycles. The van der Waals surface area contributed by atoms with Gasteiger partial charge in [-0.05, 0) is 67.6 Å². The van der Waals surface area contributed by atoms with E-state index >= 15 is 0 Å². The molecule has 0 saturated carbocycles. The van der Waals surface area contributed by atoms with E-state index in [1.165, 1.54) is 17.8 Å². The van der Waals surface area contributed by atoms with Crippen molar-refractivity contribution in [2.75, 3.05) is 23.0 Å². The number of rotatable bonds is 8. The van der Waals surface area contributed by atoms with E-state index in [2.05, 4.69) is 10.6 Å². The highest BCUT2D eigenvalue weighted by Gasteiger charge is 2.12. The van der Waals surface area contributed by atoms with Crippen molar-refractivity contribution in [3.8, 4) is 0 Å². The first-order valence-corrected chi connectivity index (χ1v) is 11.7. The van der Waals surface area contributed by atoms with Crippen molar-refractivity contribution in [2.45, 2.75) is 11.8 Å². The molecular weight excluding hydrogens is 483 g/mol. The molecule has 0 aliphatic heterocycles. The average molecular weight is 503 g/mol. The smallest absolute Gasteiger partial charge is 0.338 e. The van der Waals surface area contributed by atoms with Crippen LogP contribution in [0.5, 0.6) is 0 Å². The van der Waals surface area contributed by atoms with Crippen molar-refractivity contribution in [3.63, 3.8) is 0 Å². The molecule has 0 spiro atoms. The molecule has 0 atom stereocenters. The Morgan fingerprint density at radius 1 is 0.909 bits per heavy atom.